The Bertz CT molecular complexity index is 1180. The number of rotatable bonds is 8. The number of hydrogen-bond donors (Lipinski definition) is 1. The van der Waals surface area contributed by atoms with Crippen molar-refractivity contribution in [1.29, 1.82) is 0 Å². The van der Waals surface area contributed by atoms with Crippen molar-refractivity contribution in [2.24, 2.45) is 0 Å². The van der Waals surface area contributed by atoms with Gasteiger partial charge in [0, 0.05) is 5.70 Å². The molecule has 0 fully saturated rings. The smallest absolute Gasteiger partial charge is 0.338 e. The summed E-state index contributed by atoms with van der Waals surface area (Å²) in [7, 11) is 0. The average Bonchev–Trinajstić information content (AvgIpc) is 3.26. The Labute approximate surface area is 193 Å². The maximum atomic E-state index is 12.9. The highest BCUT2D eigenvalue weighted by atomic mass is 16.5. The molecule has 33 heavy (non-hydrogen) atoms. The molecule has 1 unspecified atom stereocenters. The molecule has 0 radical (unpaired) electrons. The molecule has 0 saturated carbocycles. The standard InChI is InChI=1S/C25H28N4O4/c1-5-31-21-13-18(11-12-20(21)33-14-19-10-8-7-9-16(19)3)23-22(24(30)32-6-2)17(4)28-25-26-15-27-29(23)25/h7-13,15,23H,5-6,14H2,1-4H3,(H,26,27,28). The Morgan fingerprint density at radius 2 is 1.88 bits per heavy atom. The number of benzene rings is 2. The molecule has 1 aliphatic heterocycles. The first kappa shape index (κ1) is 22.4. The van der Waals surface area contributed by atoms with Crippen LogP contribution in [0.15, 0.2) is 60.1 Å². The second-order valence-corrected chi connectivity index (χ2v) is 7.67. The van der Waals surface area contributed by atoms with Gasteiger partial charge in [-0.3, -0.25) is 0 Å². The SMILES string of the molecule is CCOC(=O)C1=C(C)Nc2ncnn2C1c1ccc(OCc2ccccc2C)c(OCC)c1. The topological polar surface area (TPSA) is 87.5 Å². The van der Waals surface area contributed by atoms with Crippen molar-refractivity contribution in [3.63, 3.8) is 0 Å². The number of hydrogen-bond acceptors (Lipinski definition) is 7. The molecular formula is C25H28N4O4. The van der Waals surface area contributed by atoms with E-state index in [9.17, 15) is 4.79 Å². The summed E-state index contributed by atoms with van der Waals surface area (Å²) in [6.07, 6.45) is 1.46. The minimum absolute atomic E-state index is 0.280. The summed E-state index contributed by atoms with van der Waals surface area (Å²) in [6, 6.07) is 13.3. The van der Waals surface area contributed by atoms with Gasteiger partial charge in [-0.25, -0.2) is 9.48 Å². The zero-order chi connectivity index (χ0) is 23.4. The fraction of sp³-hybridized carbons (Fsp3) is 0.320. The lowest BCUT2D eigenvalue weighted by molar-refractivity contribution is -0.139. The second-order valence-electron chi connectivity index (χ2n) is 7.67. The van der Waals surface area contributed by atoms with Crippen molar-refractivity contribution >= 4 is 11.9 Å². The summed E-state index contributed by atoms with van der Waals surface area (Å²) in [5, 5.41) is 7.49. The van der Waals surface area contributed by atoms with Crippen LogP contribution in [-0.4, -0.2) is 33.9 Å². The molecule has 0 spiro atoms. The number of carbonyl (C=O) groups is 1. The number of nitrogens with zero attached hydrogens (tertiary/aromatic N) is 3. The van der Waals surface area contributed by atoms with Crippen LogP contribution in [0.1, 0.15) is 43.5 Å². The van der Waals surface area contributed by atoms with Crippen molar-refractivity contribution in [2.45, 2.75) is 40.3 Å². The molecule has 2 aromatic carbocycles. The van der Waals surface area contributed by atoms with Gasteiger partial charge in [0.2, 0.25) is 5.95 Å². The summed E-state index contributed by atoms with van der Waals surface area (Å²) in [5.74, 6) is 1.40. The van der Waals surface area contributed by atoms with E-state index in [1.807, 2.05) is 50.2 Å². The van der Waals surface area contributed by atoms with Gasteiger partial charge in [0.1, 0.15) is 19.0 Å². The van der Waals surface area contributed by atoms with Crippen molar-refractivity contribution in [3.05, 3.63) is 76.8 Å². The number of allylic oxidation sites excluding steroid dienone is 1. The molecule has 3 aromatic rings. The molecule has 0 saturated heterocycles. The number of ether oxygens (including phenoxy) is 3. The van der Waals surface area contributed by atoms with Crippen molar-refractivity contribution in [1.82, 2.24) is 14.8 Å². The van der Waals surface area contributed by atoms with Gasteiger partial charge in [0.05, 0.1) is 18.8 Å². The monoisotopic (exact) mass is 448 g/mol. The number of carbonyl (C=O) groups excluding carboxylic acids is 1. The van der Waals surface area contributed by atoms with E-state index < -0.39 is 12.0 Å². The van der Waals surface area contributed by atoms with Gasteiger partial charge in [0.25, 0.3) is 0 Å². The van der Waals surface area contributed by atoms with Gasteiger partial charge >= 0.3 is 5.97 Å². The first-order chi connectivity index (χ1) is 16.0. The predicted octanol–water partition coefficient (Wildman–Crippen LogP) is 4.42. The largest absolute Gasteiger partial charge is 0.490 e. The van der Waals surface area contributed by atoms with Crippen LogP contribution >= 0.6 is 0 Å². The lowest BCUT2D eigenvalue weighted by Crippen LogP contribution is -2.29. The number of fused-ring (bicyclic) bond motifs is 1. The van der Waals surface area contributed by atoms with Gasteiger partial charge in [-0.05, 0) is 56.5 Å². The Morgan fingerprint density at radius 3 is 2.64 bits per heavy atom. The summed E-state index contributed by atoms with van der Waals surface area (Å²) in [6.45, 7) is 8.79. The van der Waals surface area contributed by atoms with Gasteiger partial charge in [-0.15, -0.1) is 0 Å². The van der Waals surface area contributed by atoms with Crippen LogP contribution in [0.2, 0.25) is 0 Å². The zero-order valence-corrected chi connectivity index (χ0v) is 19.3. The van der Waals surface area contributed by atoms with E-state index in [1.54, 1.807) is 11.6 Å². The van der Waals surface area contributed by atoms with E-state index in [1.165, 1.54) is 11.9 Å². The first-order valence-electron chi connectivity index (χ1n) is 11.0. The highest BCUT2D eigenvalue weighted by Gasteiger charge is 2.34. The van der Waals surface area contributed by atoms with Gasteiger partial charge < -0.3 is 19.5 Å². The Morgan fingerprint density at radius 1 is 1.06 bits per heavy atom. The maximum Gasteiger partial charge on any atom is 0.338 e. The van der Waals surface area contributed by atoms with Crippen LogP contribution in [0.25, 0.3) is 0 Å². The Hall–Kier alpha value is -3.81. The van der Waals surface area contributed by atoms with Crippen LogP contribution in [0, 0.1) is 6.92 Å². The average molecular weight is 449 g/mol. The number of aryl methyl sites for hydroxylation is 1. The summed E-state index contributed by atoms with van der Waals surface area (Å²) in [5.41, 5.74) is 4.25. The third-order valence-electron chi connectivity index (χ3n) is 5.52. The second kappa shape index (κ2) is 9.77. The maximum absolute atomic E-state index is 12.9. The van der Waals surface area contributed by atoms with Gasteiger partial charge in [-0.2, -0.15) is 10.1 Å². The molecule has 8 heteroatoms. The Kier molecular flexibility index (Phi) is 6.63. The number of anilines is 1. The van der Waals surface area contributed by atoms with Gasteiger partial charge in [0.15, 0.2) is 11.5 Å². The normalized spacial score (nSPS) is 15.0. The highest BCUT2D eigenvalue weighted by molar-refractivity contribution is 5.92. The fourth-order valence-electron chi connectivity index (χ4n) is 3.88. The Balaban J connectivity index is 1.71. The lowest BCUT2D eigenvalue weighted by Gasteiger charge is -2.28. The molecule has 172 valence electrons. The van der Waals surface area contributed by atoms with E-state index >= 15 is 0 Å². The van der Waals surface area contributed by atoms with Crippen molar-refractivity contribution in [2.75, 3.05) is 18.5 Å². The molecule has 1 N–H and O–H groups in total. The highest BCUT2D eigenvalue weighted by Crippen LogP contribution is 2.39. The number of aromatic nitrogens is 3. The van der Waals surface area contributed by atoms with Gasteiger partial charge in [-0.1, -0.05) is 30.3 Å². The molecular weight excluding hydrogens is 420 g/mol. The molecule has 8 nitrogen and oxygen atoms in total. The van der Waals surface area contributed by atoms with Crippen molar-refractivity contribution < 1.29 is 19.0 Å². The molecule has 1 atom stereocenters. The van der Waals surface area contributed by atoms with Crippen LogP contribution in [0.5, 0.6) is 11.5 Å². The quantitative estimate of drug-likeness (QED) is 0.511. The van der Waals surface area contributed by atoms with E-state index in [-0.39, 0.29) is 6.61 Å². The van der Waals surface area contributed by atoms with E-state index in [0.717, 1.165) is 11.1 Å². The summed E-state index contributed by atoms with van der Waals surface area (Å²) in [4.78, 5) is 17.1. The van der Waals surface area contributed by atoms with E-state index in [2.05, 4.69) is 28.4 Å². The summed E-state index contributed by atoms with van der Waals surface area (Å²) < 4.78 is 19.0. The molecule has 0 aliphatic carbocycles. The van der Waals surface area contributed by atoms with E-state index in [4.69, 9.17) is 14.2 Å². The number of nitrogens with one attached hydrogen (secondary N) is 1. The summed E-state index contributed by atoms with van der Waals surface area (Å²) >= 11 is 0. The third kappa shape index (κ3) is 4.55. The molecule has 0 amide bonds. The minimum Gasteiger partial charge on any atom is -0.490 e. The fourth-order valence-corrected chi connectivity index (χ4v) is 3.88. The minimum atomic E-state index is -0.507. The van der Waals surface area contributed by atoms with Crippen LogP contribution < -0.4 is 14.8 Å². The molecule has 2 heterocycles. The first-order valence-corrected chi connectivity index (χ1v) is 11.0. The van der Waals surface area contributed by atoms with Crippen LogP contribution in [0.3, 0.4) is 0 Å². The van der Waals surface area contributed by atoms with Crippen LogP contribution in [0.4, 0.5) is 5.95 Å². The molecule has 0 bridgehead atoms. The molecule has 1 aromatic heterocycles. The zero-order valence-electron chi connectivity index (χ0n) is 19.3. The third-order valence-corrected chi connectivity index (χ3v) is 5.52. The number of esters is 1. The lowest BCUT2D eigenvalue weighted by atomic mass is 9.95. The van der Waals surface area contributed by atoms with Crippen LogP contribution in [-0.2, 0) is 16.1 Å². The predicted molar refractivity (Wildman–Crippen MR) is 124 cm³/mol. The van der Waals surface area contributed by atoms with Crippen molar-refractivity contribution in [3.8, 4) is 11.5 Å². The van der Waals surface area contributed by atoms with E-state index in [0.29, 0.717) is 41.9 Å². The molecule has 1 aliphatic rings. The molecule has 4 rings (SSSR count).